The van der Waals surface area contributed by atoms with Crippen LogP contribution in [0.5, 0.6) is 0 Å². The summed E-state index contributed by atoms with van der Waals surface area (Å²) in [4.78, 5) is 4.22. The Kier molecular flexibility index (Phi) is 5.69. The van der Waals surface area contributed by atoms with Crippen LogP contribution in [0.25, 0.3) is 0 Å². The van der Waals surface area contributed by atoms with E-state index in [2.05, 4.69) is 39.9 Å². The van der Waals surface area contributed by atoms with Crippen LogP contribution in [0.15, 0.2) is 35.3 Å². The van der Waals surface area contributed by atoms with Crippen LogP contribution in [0.3, 0.4) is 0 Å². The molecule has 0 amide bonds. The highest BCUT2D eigenvalue weighted by Gasteiger charge is 2.15. The van der Waals surface area contributed by atoms with E-state index in [4.69, 9.17) is 4.74 Å². The molecule has 1 unspecified atom stereocenters. The highest BCUT2D eigenvalue weighted by Crippen LogP contribution is 2.10. The Balaban J connectivity index is 1.65. The fourth-order valence-electron chi connectivity index (χ4n) is 2.21. The van der Waals surface area contributed by atoms with Crippen LogP contribution in [0.1, 0.15) is 18.4 Å². The first-order valence-electron chi connectivity index (χ1n) is 6.98. The minimum Gasteiger partial charge on any atom is -0.376 e. The Labute approximate surface area is 115 Å². The van der Waals surface area contributed by atoms with E-state index in [0.29, 0.717) is 6.10 Å². The molecule has 1 atom stereocenters. The molecular formula is C15H23N3O. The first-order chi connectivity index (χ1) is 9.38. The fraction of sp³-hybridized carbons (Fsp3) is 0.533. The smallest absolute Gasteiger partial charge is 0.191 e. The van der Waals surface area contributed by atoms with Gasteiger partial charge in [0.05, 0.1) is 6.10 Å². The van der Waals surface area contributed by atoms with E-state index in [1.807, 2.05) is 6.07 Å². The Morgan fingerprint density at radius 2 is 2.16 bits per heavy atom. The zero-order valence-corrected chi connectivity index (χ0v) is 11.6. The third kappa shape index (κ3) is 4.91. The van der Waals surface area contributed by atoms with Crippen LogP contribution < -0.4 is 10.6 Å². The van der Waals surface area contributed by atoms with Crippen LogP contribution in [-0.2, 0) is 11.2 Å². The molecule has 0 aliphatic carbocycles. The SMILES string of the molecule is CN=C(NCCc1ccccc1)NCC1CCCO1. The molecule has 1 aliphatic rings. The number of benzene rings is 1. The van der Waals surface area contributed by atoms with Crippen LogP contribution in [-0.4, -0.2) is 38.8 Å². The quantitative estimate of drug-likeness (QED) is 0.625. The topological polar surface area (TPSA) is 45.7 Å². The van der Waals surface area contributed by atoms with Crippen LogP contribution >= 0.6 is 0 Å². The van der Waals surface area contributed by atoms with Gasteiger partial charge in [0.15, 0.2) is 5.96 Å². The number of rotatable bonds is 5. The van der Waals surface area contributed by atoms with Gasteiger partial charge in [-0.25, -0.2) is 0 Å². The van der Waals surface area contributed by atoms with E-state index in [0.717, 1.165) is 38.5 Å². The standard InChI is InChI=1S/C15H23N3O/c1-16-15(18-12-14-8-5-11-19-14)17-10-9-13-6-3-2-4-7-13/h2-4,6-7,14H,5,8-12H2,1H3,(H2,16,17,18). The number of guanidine groups is 1. The van der Waals surface area contributed by atoms with E-state index >= 15 is 0 Å². The summed E-state index contributed by atoms with van der Waals surface area (Å²) in [5, 5.41) is 6.64. The summed E-state index contributed by atoms with van der Waals surface area (Å²) in [6.07, 6.45) is 3.66. The van der Waals surface area contributed by atoms with E-state index in [-0.39, 0.29) is 0 Å². The minimum atomic E-state index is 0.340. The number of nitrogens with zero attached hydrogens (tertiary/aromatic N) is 1. The van der Waals surface area contributed by atoms with Gasteiger partial charge in [-0.2, -0.15) is 0 Å². The number of hydrogen-bond donors (Lipinski definition) is 2. The molecule has 0 radical (unpaired) electrons. The molecule has 1 fully saturated rings. The van der Waals surface area contributed by atoms with Gasteiger partial charge in [-0.15, -0.1) is 0 Å². The average molecular weight is 261 g/mol. The molecule has 4 heteroatoms. The molecule has 0 saturated carbocycles. The van der Waals surface area contributed by atoms with Crippen molar-refractivity contribution in [2.24, 2.45) is 4.99 Å². The predicted molar refractivity (Wildman–Crippen MR) is 78.5 cm³/mol. The molecule has 0 aromatic heterocycles. The number of aliphatic imine (C=N–C) groups is 1. The summed E-state index contributed by atoms with van der Waals surface area (Å²) in [6, 6.07) is 10.5. The van der Waals surface area contributed by atoms with Crippen molar-refractivity contribution < 1.29 is 4.74 Å². The van der Waals surface area contributed by atoms with E-state index in [9.17, 15) is 0 Å². The van der Waals surface area contributed by atoms with Crippen molar-refractivity contribution in [3.8, 4) is 0 Å². The van der Waals surface area contributed by atoms with Crippen LogP contribution in [0.4, 0.5) is 0 Å². The Morgan fingerprint density at radius 1 is 1.32 bits per heavy atom. The molecule has 2 N–H and O–H groups in total. The maximum Gasteiger partial charge on any atom is 0.191 e. The summed E-state index contributed by atoms with van der Waals surface area (Å²) >= 11 is 0. The van der Waals surface area contributed by atoms with Crippen molar-refractivity contribution in [3.63, 3.8) is 0 Å². The van der Waals surface area contributed by atoms with Crippen molar-refractivity contribution in [2.45, 2.75) is 25.4 Å². The second kappa shape index (κ2) is 7.79. The van der Waals surface area contributed by atoms with Gasteiger partial charge in [0, 0.05) is 26.7 Å². The lowest BCUT2D eigenvalue weighted by Gasteiger charge is -2.15. The zero-order chi connectivity index (χ0) is 13.3. The van der Waals surface area contributed by atoms with E-state index < -0.39 is 0 Å². The molecule has 4 nitrogen and oxygen atoms in total. The summed E-state index contributed by atoms with van der Waals surface area (Å²) in [7, 11) is 1.80. The number of nitrogens with one attached hydrogen (secondary N) is 2. The lowest BCUT2D eigenvalue weighted by atomic mass is 10.1. The predicted octanol–water partition coefficient (Wildman–Crippen LogP) is 1.57. The lowest BCUT2D eigenvalue weighted by molar-refractivity contribution is 0.114. The highest BCUT2D eigenvalue weighted by molar-refractivity contribution is 5.79. The van der Waals surface area contributed by atoms with Gasteiger partial charge in [0.2, 0.25) is 0 Å². The van der Waals surface area contributed by atoms with Crippen molar-refractivity contribution in [1.29, 1.82) is 0 Å². The molecule has 2 rings (SSSR count). The van der Waals surface area contributed by atoms with Gasteiger partial charge in [-0.3, -0.25) is 4.99 Å². The molecule has 1 aromatic carbocycles. The first-order valence-corrected chi connectivity index (χ1v) is 6.98. The Bertz CT molecular complexity index is 386. The maximum absolute atomic E-state index is 5.58. The molecule has 1 heterocycles. The third-order valence-corrected chi connectivity index (χ3v) is 3.29. The molecule has 0 spiro atoms. The van der Waals surface area contributed by atoms with Gasteiger partial charge >= 0.3 is 0 Å². The highest BCUT2D eigenvalue weighted by atomic mass is 16.5. The van der Waals surface area contributed by atoms with Gasteiger partial charge in [0.1, 0.15) is 0 Å². The molecule has 0 bridgehead atoms. The molecule has 19 heavy (non-hydrogen) atoms. The van der Waals surface area contributed by atoms with Crippen molar-refractivity contribution in [1.82, 2.24) is 10.6 Å². The second-order valence-corrected chi connectivity index (χ2v) is 4.75. The summed E-state index contributed by atoms with van der Waals surface area (Å²) in [5.41, 5.74) is 1.34. The second-order valence-electron chi connectivity index (χ2n) is 4.75. The number of ether oxygens (including phenoxy) is 1. The zero-order valence-electron chi connectivity index (χ0n) is 11.6. The molecule has 104 valence electrons. The largest absolute Gasteiger partial charge is 0.376 e. The van der Waals surface area contributed by atoms with Crippen molar-refractivity contribution in [3.05, 3.63) is 35.9 Å². The van der Waals surface area contributed by atoms with Gasteiger partial charge in [-0.05, 0) is 24.8 Å². The average Bonchev–Trinajstić information content (AvgIpc) is 2.97. The Hall–Kier alpha value is -1.55. The monoisotopic (exact) mass is 261 g/mol. The third-order valence-electron chi connectivity index (χ3n) is 3.29. The fourth-order valence-corrected chi connectivity index (χ4v) is 2.21. The van der Waals surface area contributed by atoms with Gasteiger partial charge in [-0.1, -0.05) is 30.3 Å². The molecule has 1 aromatic rings. The van der Waals surface area contributed by atoms with Gasteiger partial charge in [0.25, 0.3) is 0 Å². The molecular weight excluding hydrogens is 238 g/mol. The Morgan fingerprint density at radius 3 is 2.84 bits per heavy atom. The molecule has 1 saturated heterocycles. The summed E-state index contributed by atoms with van der Waals surface area (Å²) in [5.74, 6) is 0.853. The van der Waals surface area contributed by atoms with Crippen LogP contribution in [0, 0.1) is 0 Å². The van der Waals surface area contributed by atoms with Gasteiger partial charge < -0.3 is 15.4 Å². The molecule has 1 aliphatic heterocycles. The lowest BCUT2D eigenvalue weighted by Crippen LogP contribution is -2.41. The number of hydrogen-bond acceptors (Lipinski definition) is 2. The van der Waals surface area contributed by atoms with Crippen LogP contribution in [0.2, 0.25) is 0 Å². The van der Waals surface area contributed by atoms with E-state index in [1.165, 1.54) is 12.0 Å². The van der Waals surface area contributed by atoms with E-state index in [1.54, 1.807) is 7.05 Å². The first kappa shape index (κ1) is 13.9. The maximum atomic E-state index is 5.58. The summed E-state index contributed by atoms with van der Waals surface area (Å²) in [6.45, 7) is 2.62. The van der Waals surface area contributed by atoms with Crippen molar-refractivity contribution >= 4 is 5.96 Å². The van der Waals surface area contributed by atoms with Crippen molar-refractivity contribution in [2.75, 3.05) is 26.7 Å². The normalized spacial score (nSPS) is 19.4. The minimum absolute atomic E-state index is 0.340. The summed E-state index contributed by atoms with van der Waals surface area (Å²) < 4.78 is 5.58.